The molecule has 3 aliphatic rings. The van der Waals surface area contributed by atoms with Crippen LogP contribution in [0.15, 0.2) is 9.98 Å². The second-order valence-electron chi connectivity index (χ2n) is 14.7. The molecular weight excluding hydrogens is 470 g/mol. The second-order valence-corrected chi connectivity index (χ2v) is 19.2. The molecule has 2 saturated carbocycles. The smallest absolute Gasteiger partial charge is 0.183 e. The van der Waals surface area contributed by atoms with E-state index in [1.807, 2.05) is 0 Å². The Morgan fingerprint density at radius 1 is 0.757 bits per heavy atom. The topological polar surface area (TPSA) is 46.0 Å². The van der Waals surface area contributed by atoms with Gasteiger partial charge in [-0.1, -0.05) is 41.5 Å². The summed E-state index contributed by atoms with van der Waals surface area (Å²) in [4.78, 5) is 11.0. The predicted octanol–water partition coefficient (Wildman–Crippen LogP) is 8.17. The summed E-state index contributed by atoms with van der Waals surface area (Å²) in [7, 11) is -1.48. The fourth-order valence-corrected chi connectivity index (χ4v) is 8.68. The van der Waals surface area contributed by atoms with E-state index in [-0.39, 0.29) is 0 Å². The van der Waals surface area contributed by atoms with Crippen LogP contribution in [-0.2, 0) is 4.43 Å². The van der Waals surface area contributed by atoms with Crippen LogP contribution in [0.5, 0.6) is 0 Å². The van der Waals surface area contributed by atoms with Crippen LogP contribution in [0.1, 0.15) is 106 Å². The van der Waals surface area contributed by atoms with Gasteiger partial charge >= 0.3 is 0 Å². The molecule has 3 rings (SSSR count). The summed E-state index contributed by atoms with van der Waals surface area (Å²) in [5.41, 5.74) is 2.75. The Bertz CT molecular complexity index is 750. The molecule has 0 amide bonds. The van der Waals surface area contributed by atoms with Crippen molar-refractivity contribution in [1.29, 1.82) is 0 Å². The fraction of sp³-hybridized carbons (Fsp3) is 0.938. The predicted molar refractivity (Wildman–Crippen MR) is 165 cm³/mol. The van der Waals surface area contributed by atoms with Gasteiger partial charge in [0.2, 0.25) is 0 Å². The Kier molecular flexibility index (Phi) is 11.5. The van der Waals surface area contributed by atoms with Crippen molar-refractivity contribution in [2.24, 2.45) is 45.5 Å². The van der Waals surface area contributed by atoms with Crippen molar-refractivity contribution < 1.29 is 4.43 Å². The molecule has 0 aromatic heterocycles. The van der Waals surface area contributed by atoms with E-state index >= 15 is 0 Å². The molecule has 1 aliphatic heterocycles. The molecular formula is C32H61N3OSi. The van der Waals surface area contributed by atoms with Crippen molar-refractivity contribution in [1.82, 2.24) is 5.32 Å². The molecule has 37 heavy (non-hydrogen) atoms. The van der Waals surface area contributed by atoms with E-state index in [9.17, 15) is 0 Å². The molecule has 6 unspecified atom stereocenters. The standard InChI is InChI=1S/C32H61N3OSi/c1-21-17-23(3)31(24(4)18-21)33-27(7)28-13-11-14-29(34-28)30(15-12-16-36-37(8,9)10)35-32-25(5)19-22(2)20-26(32)6/h21-26,28-29,31-32,34H,11-20H2,1-10H3. The number of rotatable bonds is 9. The average molecular weight is 532 g/mol. The van der Waals surface area contributed by atoms with Crippen molar-refractivity contribution in [3.05, 3.63) is 0 Å². The van der Waals surface area contributed by atoms with E-state index in [2.05, 4.69) is 73.4 Å². The van der Waals surface area contributed by atoms with Crippen LogP contribution in [-0.4, -0.2) is 50.5 Å². The van der Waals surface area contributed by atoms with Gasteiger partial charge in [0.1, 0.15) is 0 Å². The van der Waals surface area contributed by atoms with E-state index < -0.39 is 8.32 Å². The monoisotopic (exact) mass is 531 g/mol. The van der Waals surface area contributed by atoms with Gasteiger partial charge in [0.25, 0.3) is 0 Å². The molecule has 1 heterocycles. The maximum atomic E-state index is 6.23. The molecule has 0 aromatic rings. The molecule has 0 aromatic carbocycles. The normalized spacial score (nSPS) is 40.6. The summed E-state index contributed by atoms with van der Waals surface area (Å²) >= 11 is 0. The van der Waals surface area contributed by atoms with Gasteiger partial charge in [-0.3, -0.25) is 9.98 Å². The van der Waals surface area contributed by atoms with Crippen molar-refractivity contribution in [2.75, 3.05) is 6.61 Å². The molecule has 0 bridgehead atoms. The molecule has 2 aliphatic carbocycles. The van der Waals surface area contributed by atoms with Crippen LogP contribution in [0.2, 0.25) is 19.6 Å². The van der Waals surface area contributed by atoms with Crippen LogP contribution in [0.25, 0.3) is 0 Å². The highest BCUT2D eigenvalue weighted by atomic mass is 28.4. The minimum Gasteiger partial charge on any atom is -0.418 e. The zero-order chi connectivity index (χ0) is 27.3. The van der Waals surface area contributed by atoms with Crippen LogP contribution >= 0.6 is 0 Å². The lowest BCUT2D eigenvalue weighted by Gasteiger charge is -2.39. The molecule has 5 heteroatoms. The van der Waals surface area contributed by atoms with Gasteiger partial charge in [-0.2, -0.15) is 0 Å². The number of aliphatic imine (C=N–C) groups is 2. The Morgan fingerprint density at radius 3 is 1.76 bits per heavy atom. The summed E-state index contributed by atoms with van der Waals surface area (Å²) in [5, 5.41) is 4.07. The highest BCUT2D eigenvalue weighted by molar-refractivity contribution is 6.69. The summed E-state index contributed by atoms with van der Waals surface area (Å²) in [6.07, 6.45) is 11.1. The van der Waals surface area contributed by atoms with E-state index in [4.69, 9.17) is 14.4 Å². The lowest BCUT2D eigenvalue weighted by atomic mass is 9.74. The third-order valence-corrected chi connectivity index (χ3v) is 10.6. The Hall–Kier alpha value is -0.523. The first kappa shape index (κ1) is 31.0. The van der Waals surface area contributed by atoms with Gasteiger partial charge < -0.3 is 9.74 Å². The van der Waals surface area contributed by atoms with E-state index in [1.165, 1.54) is 56.4 Å². The van der Waals surface area contributed by atoms with Crippen LogP contribution in [0, 0.1) is 35.5 Å². The average Bonchev–Trinajstić information content (AvgIpc) is 2.79. The van der Waals surface area contributed by atoms with Gasteiger partial charge in [0.05, 0.1) is 12.1 Å². The molecule has 1 N–H and O–H groups in total. The zero-order valence-electron chi connectivity index (χ0n) is 26.1. The first-order chi connectivity index (χ1) is 17.3. The number of piperidine rings is 1. The molecule has 0 spiro atoms. The lowest BCUT2D eigenvalue weighted by Crippen LogP contribution is -2.51. The number of nitrogens with zero attached hydrogens (tertiary/aromatic N) is 2. The molecule has 3 fully saturated rings. The van der Waals surface area contributed by atoms with Gasteiger partial charge in [0, 0.05) is 30.1 Å². The number of nitrogens with one attached hydrogen (secondary N) is 1. The van der Waals surface area contributed by atoms with Gasteiger partial charge in [0.15, 0.2) is 8.32 Å². The second kappa shape index (κ2) is 13.7. The minimum absolute atomic E-state index is 0.385. The minimum atomic E-state index is -1.48. The van der Waals surface area contributed by atoms with Crippen molar-refractivity contribution in [3.8, 4) is 0 Å². The summed E-state index contributed by atoms with van der Waals surface area (Å²) in [6, 6.07) is 1.72. The fourth-order valence-electron chi connectivity index (χ4n) is 7.92. The van der Waals surface area contributed by atoms with Gasteiger partial charge in [-0.15, -0.1) is 0 Å². The molecule has 0 radical (unpaired) electrons. The van der Waals surface area contributed by atoms with Gasteiger partial charge in [-0.25, -0.2) is 0 Å². The maximum absolute atomic E-state index is 6.23. The quantitative estimate of drug-likeness (QED) is 0.185. The first-order valence-corrected chi connectivity index (χ1v) is 19.3. The molecule has 1 saturated heterocycles. The Morgan fingerprint density at radius 2 is 1.24 bits per heavy atom. The van der Waals surface area contributed by atoms with Crippen molar-refractivity contribution in [3.63, 3.8) is 0 Å². The van der Waals surface area contributed by atoms with E-state index in [0.29, 0.717) is 47.8 Å². The third kappa shape index (κ3) is 9.27. The van der Waals surface area contributed by atoms with Crippen LogP contribution in [0.3, 0.4) is 0 Å². The Labute approximate surface area is 231 Å². The van der Waals surface area contributed by atoms with Crippen molar-refractivity contribution >= 4 is 19.7 Å². The molecule has 6 atom stereocenters. The lowest BCUT2D eigenvalue weighted by molar-refractivity contribution is 0.195. The third-order valence-electron chi connectivity index (χ3n) is 9.50. The molecule has 4 nitrogen and oxygen atoms in total. The highest BCUT2D eigenvalue weighted by Gasteiger charge is 2.35. The summed E-state index contributed by atoms with van der Waals surface area (Å²) in [5.74, 6) is 4.39. The number of hydrogen-bond donors (Lipinski definition) is 1. The van der Waals surface area contributed by atoms with Gasteiger partial charge in [-0.05, 0) is 120 Å². The molecule has 214 valence electrons. The number of hydrogen-bond acceptors (Lipinski definition) is 4. The van der Waals surface area contributed by atoms with E-state index in [1.54, 1.807) is 0 Å². The van der Waals surface area contributed by atoms with Crippen LogP contribution in [0.4, 0.5) is 0 Å². The SMILES string of the molecule is CC(=NC1C(C)CC(C)CC1C)C1CCCC(C(CCCO[Si](C)(C)C)=NC2C(C)CC(C)CC2C)N1. The van der Waals surface area contributed by atoms with Crippen LogP contribution < -0.4 is 5.32 Å². The first-order valence-electron chi connectivity index (χ1n) is 15.8. The van der Waals surface area contributed by atoms with Crippen molar-refractivity contribution in [2.45, 2.75) is 150 Å². The summed E-state index contributed by atoms with van der Waals surface area (Å²) < 4.78 is 6.23. The highest BCUT2D eigenvalue weighted by Crippen LogP contribution is 2.37. The van der Waals surface area contributed by atoms with E-state index in [0.717, 1.165) is 31.3 Å². The zero-order valence-corrected chi connectivity index (χ0v) is 27.1. The summed E-state index contributed by atoms with van der Waals surface area (Å²) in [6.45, 7) is 24.6. The maximum Gasteiger partial charge on any atom is 0.183 e. The largest absolute Gasteiger partial charge is 0.418 e. The Balaban J connectivity index is 1.74.